The maximum Gasteiger partial charge on any atom is 0.0832 e. The molecule has 0 aliphatic rings. The Hall–Kier alpha value is 0.1000. The van der Waals surface area contributed by atoms with Crippen LogP contribution < -0.4 is 5.32 Å². The Kier molecular flexibility index (Phi) is 7.58. The van der Waals surface area contributed by atoms with Crippen LogP contribution >= 0.6 is 27.3 Å². The van der Waals surface area contributed by atoms with E-state index in [-0.39, 0.29) is 5.60 Å². The molecule has 19 heavy (non-hydrogen) atoms. The molecule has 0 amide bonds. The third-order valence-corrected chi connectivity index (χ3v) is 5.46. The van der Waals surface area contributed by atoms with Crippen LogP contribution in [0.4, 0.5) is 0 Å². The van der Waals surface area contributed by atoms with E-state index in [1.165, 1.54) is 9.35 Å². The number of hydrogen-bond acceptors (Lipinski definition) is 3. The number of halogens is 1. The van der Waals surface area contributed by atoms with Crippen molar-refractivity contribution in [1.82, 2.24) is 5.32 Å². The van der Waals surface area contributed by atoms with Crippen molar-refractivity contribution >= 4 is 27.3 Å². The molecular formula is C15H26BrNOS. The third-order valence-electron chi connectivity index (χ3n) is 3.74. The van der Waals surface area contributed by atoms with Crippen molar-refractivity contribution in [3.8, 4) is 0 Å². The molecule has 1 atom stereocenters. The SMILES string of the molecule is CCNC(Cc1cc(Br)cs1)C(CC)(CC)OCC. The van der Waals surface area contributed by atoms with Gasteiger partial charge in [0.2, 0.25) is 0 Å². The third kappa shape index (κ3) is 4.55. The Labute approximate surface area is 130 Å². The van der Waals surface area contributed by atoms with Crippen LogP contribution in [0.5, 0.6) is 0 Å². The smallest absolute Gasteiger partial charge is 0.0832 e. The van der Waals surface area contributed by atoms with E-state index in [1.54, 1.807) is 0 Å². The standard InChI is InChI=1S/C15H26BrNOS/c1-5-15(6-2,18-8-4)14(17-7-3)10-13-9-12(16)11-19-13/h9,11,14,17H,5-8,10H2,1-4H3. The van der Waals surface area contributed by atoms with E-state index in [0.717, 1.165) is 32.4 Å². The zero-order valence-corrected chi connectivity index (χ0v) is 14.9. The lowest BCUT2D eigenvalue weighted by molar-refractivity contribution is -0.0714. The molecule has 0 aliphatic heterocycles. The second kappa shape index (κ2) is 8.40. The van der Waals surface area contributed by atoms with E-state index >= 15 is 0 Å². The lowest BCUT2D eigenvalue weighted by Gasteiger charge is -2.40. The minimum atomic E-state index is -0.0543. The quantitative estimate of drug-likeness (QED) is 0.703. The van der Waals surface area contributed by atoms with Crippen LogP contribution in [0.1, 0.15) is 45.4 Å². The van der Waals surface area contributed by atoms with E-state index in [2.05, 4.69) is 60.4 Å². The topological polar surface area (TPSA) is 21.3 Å². The van der Waals surface area contributed by atoms with Gasteiger partial charge in [-0.2, -0.15) is 0 Å². The van der Waals surface area contributed by atoms with E-state index in [9.17, 15) is 0 Å². The van der Waals surface area contributed by atoms with Gasteiger partial charge in [0.05, 0.1) is 5.60 Å². The fourth-order valence-electron chi connectivity index (χ4n) is 2.69. The van der Waals surface area contributed by atoms with Gasteiger partial charge in [0.25, 0.3) is 0 Å². The summed E-state index contributed by atoms with van der Waals surface area (Å²) in [7, 11) is 0. The molecule has 0 aliphatic carbocycles. The van der Waals surface area contributed by atoms with Crippen molar-refractivity contribution in [2.75, 3.05) is 13.2 Å². The van der Waals surface area contributed by atoms with E-state index in [1.807, 2.05) is 11.3 Å². The first-order valence-electron chi connectivity index (χ1n) is 7.22. The van der Waals surface area contributed by atoms with Crippen molar-refractivity contribution in [1.29, 1.82) is 0 Å². The molecule has 0 bridgehead atoms. The molecule has 0 saturated carbocycles. The zero-order valence-electron chi connectivity index (χ0n) is 12.5. The Balaban J connectivity index is 2.89. The molecular weight excluding hydrogens is 322 g/mol. The van der Waals surface area contributed by atoms with Crippen molar-refractivity contribution in [2.45, 2.75) is 58.6 Å². The highest BCUT2D eigenvalue weighted by molar-refractivity contribution is 9.10. The van der Waals surface area contributed by atoms with Gasteiger partial charge in [-0.15, -0.1) is 11.3 Å². The summed E-state index contributed by atoms with van der Waals surface area (Å²) in [4.78, 5) is 1.41. The number of ether oxygens (including phenoxy) is 1. The summed E-state index contributed by atoms with van der Waals surface area (Å²) >= 11 is 5.35. The average molecular weight is 348 g/mol. The molecule has 0 radical (unpaired) electrons. The summed E-state index contributed by atoms with van der Waals surface area (Å²) in [5.74, 6) is 0. The van der Waals surface area contributed by atoms with E-state index in [0.29, 0.717) is 6.04 Å². The highest BCUT2D eigenvalue weighted by atomic mass is 79.9. The van der Waals surface area contributed by atoms with Crippen molar-refractivity contribution in [3.63, 3.8) is 0 Å². The van der Waals surface area contributed by atoms with Crippen molar-refractivity contribution < 1.29 is 4.74 Å². The van der Waals surface area contributed by atoms with Crippen molar-refractivity contribution in [3.05, 3.63) is 20.8 Å². The number of hydrogen-bond donors (Lipinski definition) is 1. The van der Waals surface area contributed by atoms with E-state index < -0.39 is 0 Å². The number of rotatable bonds is 9. The minimum absolute atomic E-state index is 0.0543. The molecule has 110 valence electrons. The predicted molar refractivity (Wildman–Crippen MR) is 88.1 cm³/mol. The molecule has 1 N–H and O–H groups in total. The number of nitrogens with one attached hydrogen (secondary N) is 1. The van der Waals surface area contributed by atoms with Crippen LogP contribution in [0.2, 0.25) is 0 Å². The Morgan fingerprint density at radius 1 is 1.32 bits per heavy atom. The van der Waals surface area contributed by atoms with Crippen LogP contribution in [-0.4, -0.2) is 24.8 Å². The van der Waals surface area contributed by atoms with E-state index in [4.69, 9.17) is 4.74 Å². The molecule has 1 aromatic rings. The van der Waals surface area contributed by atoms with Gasteiger partial charge in [-0.1, -0.05) is 20.8 Å². The van der Waals surface area contributed by atoms with Gasteiger partial charge in [0.1, 0.15) is 0 Å². The molecule has 0 spiro atoms. The van der Waals surface area contributed by atoms with Gasteiger partial charge in [-0.25, -0.2) is 0 Å². The first-order chi connectivity index (χ1) is 9.11. The largest absolute Gasteiger partial charge is 0.374 e. The molecule has 2 nitrogen and oxygen atoms in total. The maximum absolute atomic E-state index is 6.15. The van der Waals surface area contributed by atoms with Crippen LogP contribution in [0.25, 0.3) is 0 Å². The maximum atomic E-state index is 6.15. The van der Waals surface area contributed by atoms with Gasteiger partial charge >= 0.3 is 0 Å². The van der Waals surface area contributed by atoms with Crippen LogP contribution in [-0.2, 0) is 11.2 Å². The van der Waals surface area contributed by atoms with Gasteiger partial charge in [0, 0.05) is 27.4 Å². The molecule has 1 aromatic heterocycles. The molecule has 1 rings (SSSR count). The second-order valence-corrected chi connectivity index (χ2v) is 6.66. The van der Waals surface area contributed by atoms with Gasteiger partial charge in [0.15, 0.2) is 0 Å². The summed E-state index contributed by atoms with van der Waals surface area (Å²) in [6.07, 6.45) is 3.12. The highest BCUT2D eigenvalue weighted by Gasteiger charge is 2.36. The molecule has 0 aromatic carbocycles. The van der Waals surface area contributed by atoms with Gasteiger partial charge in [-0.05, 0) is 54.7 Å². The summed E-state index contributed by atoms with van der Waals surface area (Å²) in [5.41, 5.74) is -0.0543. The fourth-order valence-corrected chi connectivity index (χ4v) is 4.19. The zero-order chi connectivity index (χ0) is 14.3. The predicted octanol–water partition coefficient (Wildman–Crippen LogP) is 4.63. The minimum Gasteiger partial charge on any atom is -0.374 e. The molecule has 1 unspecified atom stereocenters. The number of likely N-dealkylation sites (N-methyl/N-ethyl adjacent to an activating group) is 1. The number of thiophene rings is 1. The monoisotopic (exact) mass is 347 g/mol. The molecule has 4 heteroatoms. The van der Waals surface area contributed by atoms with Crippen LogP contribution in [0, 0.1) is 0 Å². The van der Waals surface area contributed by atoms with Crippen LogP contribution in [0.3, 0.4) is 0 Å². The normalized spacial score (nSPS) is 13.7. The molecule has 0 fully saturated rings. The summed E-state index contributed by atoms with van der Waals surface area (Å²) in [6, 6.07) is 2.59. The average Bonchev–Trinajstić information content (AvgIpc) is 2.81. The second-order valence-electron chi connectivity index (χ2n) is 4.75. The van der Waals surface area contributed by atoms with Crippen LogP contribution in [0.15, 0.2) is 15.9 Å². The summed E-state index contributed by atoms with van der Waals surface area (Å²) in [5, 5.41) is 5.79. The Morgan fingerprint density at radius 3 is 2.42 bits per heavy atom. The van der Waals surface area contributed by atoms with Crippen molar-refractivity contribution in [2.24, 2.45) is 0 Å². The Bertz CT molecular complexity index is 363. The van der Waals surface area contributed by atoms with Gasteiger partial charge < -0.3 is 10.1 Å². The summed E-state index contributed by atoms with van der Waals surface area (Å²) < 4.78 is 7.33. The lowest BCUT2D eigenvalue weighted by atomic mass is 9.85. The molecule has 0 saturated heterocycles. The lowest BCUT2D eigenvalue weighted by Crippen LogP contribution is -2.53. The summed E-state index contributed by atoms with van der Waals surface area (Å²) in [6.45, 7) is 10.5. The van der Waals surface area contributed by atoms with Gasteiger partial charge in [-0.3, -0.25) is 0 Å². The first kappa shape index (κ1) is 17.2. The molecule has 1 heterocycles. The Morgan fingerprint density at radius 2 is 2.00 bits per heavy atom. The fraction of sp³-hybridized carbons (Fsp3) is 0.733. The first-order valence-corrected chi connectivity index (χ1v) is 8.89. The highest BCUT2D eigenvalue weighted by Crippen LogP contribution is 2.30.